The van der Waals surface area contributed by atoms with E-state index in [0.717, 1.165) is 6.07 Å². The molecule has 0 unspecified atom stereocenters. The Bertz CT molecular complexity index is 2050. The number of carbonyl (C=O) groups excluding carboxylic acids is 3. The number of carbonyl (C=O) groups is 3. The molecule has 1 heterocycles. The minimum Gasteiger partial charge on any atom is -0.493 e. The molecule has 4 aromatic rings. The van der Waals surface area contributed by atoms with Crippen molar-refractivity contribution in [1.82, 2.24) is 9.88 Å². The minimum absolute atomic E-state index is 0.126. The van der Waals surface area contributed by atoms with Crippen LogP contribution >= 0.6 is 7.60 Å². The molecule has 0 radical (unpaired) electrons. The van der Waals surface area contributed by atoms with E-state index in [9.17, 15) is 23.3 Å². The predicted molar refractivity (Wildman–Crippen MR) is 202 cm³/mol. The van der Waals surface area contributed by atoms with Gasteiger partial charge in [0.25, 0.3) is 0 Å². The normalized spacial score (nSPS) is 13.3. The predicted octanol–water partition coefficient (Wildman–Crippen LogP) is 8.15. The molecule has 1 aromatic heterocycles. The Hall–Kier alpha value is -5.11. The number of nitrogens with zero attached hydrogens (tertiary/aromatic N) is 2. The lowest BCUT2D eigenvalue weighted by Crippen LogP contribution is -2.37. The number of benzene rings is 3. The van der Waals surface area contributed by atoms with Gasteiger partial charge in [0.1, 0.15) is 23.3 Å². The fraction of sp³-hybridized carbons (Fsp3) is 0.385. The van der Waals surface area contributed by atoms with Crippen LogP contribution in [-0.4, -0.2) is 67.4 Å². The average Bonchev–Trinajstić information content (AvgIpc) is 3.97. The topological polar surface area (TPSA) is 155 Å². The maximum Gasteiger partial charge on any atom is 0.349 e. The van der Waals surface area contributed by atoms with Crippen LogP contribution in [0.2, 0.25) is 0 Å². The lowest BCUT2D eigenvalue weighted by molar-refractivity contribution is -0.134. The van der Waals surface area contributed by atoms with Gasteiger partial charge in [-0.3, -0.25) is 23.9 Å². The van der Waals surface area contributed by atoms with Gasteiger partial charge in [0.2, 0.25) is 17.7 Å². The zero-order chi connectivity index (χ0) is 39.8. The number of fused-ring (bicyclic) bond motifs is 1. The summed E-state index contributed by atoms with van der Waals surface area (Å²) in [5.41, 5.74) is -0.359. The highest BCUT2D eigenvalue weighted by molar-refractivity contribution is 7.53. The Kier molecular flexibility index (Phi) is 13.5. The molecule has 0 aliphatic heterocycles. The lowest BCUT2D eigenvalue weighted by Gasteiger charge is -2.28. The minimum atomic E-state index is -3.51. The van der Waals surface area contributed by atoms with Gasteiger partial charge in [-0.2, -0.15) is 0 Å². The molecule has 5 rings (SSSR count). The summed E-state index contributed by atoms with van der Waals surface area (Å²) >= 11 is 0. The third kappa shape index (κ3) is 10.2. The Morgan fingerprint density at radius 3 is 2.13 bits per heavy atom. The highest BCUT2D eigenvalue weighted by Crippen LogP contribution is 2.49. The second-order valence-electron chi connectivity index (χ2n) is 13.1. The van der Waals surface area contributed by atoms with Crippen molar-refractivity contribution >= 4 is 47.6 Å². The average molecular weight is 783 g/mol. The standard InChI is InChI=1S/C39H45F2N4O9P/c1-6-52-55(49,53-7-2)24-45(36(46)25(3)4)19-8-20-51-35-23-31-29(22-34(35)50-5)32(15-18-42-31)54-33-14-13-28(21-30(33)41)44-38(48)39(16-17-39)37(47)43-27-11-9-26(40)10-12-27/h9-15,18,21-23,25H,6-8,16-17,19-20,24H2,1-5H3,(H,43,47)(H,44,48). The number of methoxy groups -OCH3 is 1. The van der Waals surface area contributed by atoms with Crippen LogP contribution in [0.4, 0.5) is 20.2 Å². The summed E-state index contributed by atoms with van der Waals surface area (Å²) in [7, 11) is -2.04. The number of rotatable bonds is 19. The summed E-state index contributed by atoms with van der Waals surface area (Å²) in [6, 6.07) is 14.0. The molecular formula is C39H45F2N4O9P. The first kappa shape index (κ1) is 41.1. The summed E-state index contributed by atoms with van der Waals surface area (Å²) in [5.74, 6) is -1.97. The number of anilines is 2. The summed E-state index contributed by atoms with van der Waals surface area (Å²) in [5, 5.41) is 5.76. The van der Waals surface area contributed by atoms with Crippen LogP contribution in [0.15, 0.2) is 66.9 Å². The van der Waals surface area contributed by atoms with Crippen LogP contribution in [-0.2, 0) is 28.0 Å². The molecule has 1 aliphatic carbocycles. The van der Waals surface area contributed by atoms with Gasteiger partial charge in [0, 0.05) is 47.6 Å². The number of nitrogens with one attached hydrogen (secondary N) is 2. The summed E-state index contributed by atoms with van der Waals surface area (Å²) in [6.07, 6.45) is 2.35. The number of amides is 3. The number of hydrogen-bond acceptors (Lipinski definition) is 10. The first-order valence-corrected chi connectivity index (χ1v) is 19.7. The number of hydrogen-bond donors (Lipinski definition) is 2. The highest BCUT2D eigenvalue weighted by Gasteiger charge is 2.56. The van der Waals surface area contributed by atoms with Crippen LogP contribution in [0.5, 0.6) is 23.0 Å². The monoisotopic (exact) mass is 782 g/mol. The second kappa shape index (κ2) is 18.0. The van der Waals surface area contributed by atoms with E-state index in [-0.39, 0.29) is 61.7 Å². The molecule has 1 aliphatic rings. The van der Waals surface area contributed by atoms with Crippen LogP contribution in [0, 0.1) is 23.0 Å². The third-order valence-electron chi connectivity index (χ3n) is 8.75. The van der Waals surface area contributed by atoms with Crippen molar-refractivity contribution in [1.29, 1.82) is 0 Å². The second-order valence-corrected chi connectivity index (χ2v) is 15.1. The Balaban J connectivity index is 1.23. The first-order chi connectivity index (χ1) is 26.3. The lowest BCUT2D eigenvalue weighted by atomic mass is 10.0. The smallest absolute Gasteiger partial charge is 0.349 e. The van der Waals surface area contributed by atoms with Crippen molar-refractivity contribution in [2.24, 2.45) is 11.3 Å². The molecule has 1 fully saturated rings. The molecule has 0 saturated heterocycles. The van der Waals surface area contributed by atoms with Crippen molar-refractivity contribution in [2.45, 2.75) is 47.0 Å². The zero-order valence-electron chi connectivity index (χ0n) is 31.4. The summed E-state index contributed by atoms with van der Waals surface area (Å²) in [4.78, 5) is 44.9. The SMILES string of the molecule is CCOP(=O)(CN(CCCOc1cc2nccc(Oc3ccc(NC(=O)C4(C(=O)Nc5ccc(F)cc5)CC4)cc3F)c2cc1OC)C(=O)C(C)C)OCC. The van der Waals surface area contributed by atoms with Gasteiger partial charge >= 0.3 is 7.60 Å². The Morgan fingerprint density at radius 1 is 0.873 bits per heavy atom. The molecule has 16 heteroatoms. The van der Waals surface area contributed by atoms with E-state index in [4.69, 9.17) is 23.3 Å². The van der Waals surface area contributed by atoms with Crippen molar-refractivity contribution in [3.05, 3.63) is 78.5 Å². The maximum atomic E-state index is 15.4. The van der Waals surface area contributed by atoms with Gasteiger partial charge < -0.3 is 38.8 Å². The third-order valence-corrected chi connectivity index (χ3v) is 10.7. The van der Waals surface area contributed by atoms with E-state index in [1.165, 1.54) is 54.6 Å². The number of ether oxygens (including phenoxy) is 3. The molecule has 3 amide bonds. The Morgan fingerprint density at radius 2 is 1.53 bits per heavy atom. The number of halogens is 2. The molecular weight excluding hydrogens is 737 g/mol. The van der Waals surface area contributed by atoms with Gasteiger partial charge in [0.05, 0.1) is 32.4 Å². The number of pyridine rings is 1. The number of aromatic nitrogens is 1. The zero-order valence-corrected chi connectivity index (χ0v) is 32.3. The van der Waals surface area contributed by atoms with Crippen molar-refractivity contribution < 1.29 is 51.0 Å². The quantitative estimate of drug-likeness (QED) is 0.0541. The van der Waals surface area contributed by atoms with E-state index in [1.54, 1.807) is 45.9 Å². The molecule has 0 atom stereocenters. The van der Waals surface area contributed by atoms with E-state index in [2.05, 4.69) is 15.6 Å². The molecule has 2 N–H and O–H groups in total. The van der Waals surface area contributed by atoms with Crippen molar-refractivity contribution in [2.75, 3.05) is 50.4 Å². The van der Waals surface area contributed by atoms with E-state index in [0.29, 0.717) is 47.4 Å². The maximum absolute atomic E-state index is 15.4. The first-order valence-electron chi connectivity index (χ1n) is 17.9. The molecule has 0 bridgehead atoms. The molecule has 13 nitrogen and oxygen atoms in total. The van der Waals surface area contributed by atoms with Crippen molar-refractivity contribution in [3.63, 3.8) is 0 Å². The molecule has 3 aromatic carbocycles. The van der Waals surface area contributed by atoms with Gasteiger partial charge in [-0.25, -0.2) is 8.78 Å². The fourth-order valence-electron chi connectivity index (χ4n) is 5.76. The van der Waals surface area contributed by atoms with Crippen LogP contribution < -0.4 is 24.8 Å². The van der Waals surface area contributed by atoms with Gasteiger partial charge in [-0.05, 0) is 81.6 Å². The molecule has 1 saturated carbocycles. The van der Waals surface area contributed by atoms with Gasteiger partial charge in [-0.1, -0.05) is 13.8 Å². The largest absolute Gasteiger partial charge is 0.493 e. The highest BCUT2D eigenvalue weighted by atomic mass is 31.2. The van der Waals surface area contributed by atoms with E-state index in [1.807, 2.05) is 0 Å². The van der Waals surface area contributed by atoms with Crippen LogP contribution in [0.3, 0.4) is 0 Å². The van der Waals surface area contributed by atoms with Crippen LogP contribution in [0.25, 0.3) is 10.9 Å². The van der Waals surface area contributed by atoms with Crippen LogP contribution in [0.1, 0.15) is 47.0 Å². The van der Waals surface area contributed by atoms with Gasteiger partial charge in [-0.15, -0.1) is 0 Å². The van der Waals surface area contributed by atoms with Crippen molar-refractivity contribution in [3.8, 4) is 23.0 Å². The molecule has 55 heavy (non-hydrogen) atoms. The van der Waals surface area contributed by atoms with E-state index < -0.39 is 36.5 Å². The molecule has 0 spiro atoms. The Labute approximate surface area is 318 Å². The summed E-state index contributed by atoms with van der Waals surface area (Å²) < 4.78 is 70.2. The van der Waals surface area contributed by atoms with E-state index >= 15 is 4.39 Å². The van der Waals surface area contributed by atoms with Gasteiger partial charge in [0.15, 0.2) is 23.1 Å². The fourth-order valence-corrected chi connectivity index (χ4v) is 7.48. The summed E-state index contributed by atoms with van der Waals surface area (Å²) in [6.45, 7) is 7.74. The molecule has 294 valence electrons.